The molecule has 52 heavy (non-hydrogen) atoms. The van der Waals surface area contributed by atoms with E-state index in [9.17, 15) is 35.5 Å². The Labute approximate surface area is 309 Å². The summed E-state index contributed by atoms with van der Waals surface area (Å²) in [4.78, 5) is 16.0. The van der Waals surface area contributed by atoms with E-state index in [4.69, 9.17) is 28.4 Å². The Morgan fingerprint density at radius 1 is 0.923 bits per heavy atom. The van der Waals surface area contributed by atoms with Crippen LogP contribution in [0.5, 0.6) is 0 Å². The van der Waals surface area contributed by atoms with Gasteiger partial charge in [-0.25, -0.2) is 0 Å². The highest BCUT2D eigenvalue weighted by Crippen LogP contribution is 2.41. The number of hydrogen-bond donors (Lipinski definition) is 6. The highest BCUT2D eigenvalue weighted by atomic mass is 16.7. The van der Waals surface area contributed by atoms with Crippen LogP contribution in [0.4, 0.5) is 0 Å². The molecule has 0 radical (unpaired) electrons. The second-order valence-corrected chi connectivity index (χ2v) is 16.6. The smallest absolute Gasteiger partial charge is 0.311 e. The van der Waals surface area contributed by atoms with Gasteiger partial charge in [0.2, 0.25) is 0 Å². The monoisotopic (exact) mass is 748 g/mol. The minimum Gasteiger partial charge on any atom is -0.459 e. The molecule has 0 aromatic heterocycles. The van der Waals surface area contributed by atoms with Crippen molar-refractivity contribution in [2.75, 3.05) is 21.2 Å². The molecule has 0 saturated carbocycles. The van der Waals surface area contributed by atoms with E-state index in [2.05, 4.69) is 5.16 Å². The number of hydrogen-bond acceptors (Lipinski definition) is 15. The van der Waals surface area contributed by atoms with Gasteiger partial charge in [-0.05, 0) is 74.9 Å². The number of ether oxygens (including phenoxy) is 6. The first-order valence-electron chi connectivity index (χ1n) is 18.7. The Bertz CT molecular complexity index is 1200. The van der Waals surface area contributed by atoms with E-state index >= 15 is 0 Å². The largest absolute Gasteiger partial charge is 0.459 e. The normalized spacial score (nSPS) is 49.8. The van der Waals surface area contributed by atoms with E-state index in [-0.39, 0.29) is 37.1 Å². The fraction of sp³-hybridized carbons (Fsp3) is 0.946. The third-order valence-corrected chi connectivity index (χ3v) is 12.0. The molecule has 6 N–H and O–H groups in total. The zero-order valence-corrected chi connectivity index (χ0v) is 33.4. The fourth-order valence-corrected chi connectivity index (χ4v) is 8.61. The van der Waals surface area contributed by atoms with Crippen LogP contribution in [0, 0.1) is 23.7 Å². The summed E-state index contributed by atoms with van der Waals surface area (Å²) < 4.78 is 37.2. The highest BCUT2D eigenvalue weighted by Gasteiger charge is 2.53. The Morgan fingerprint density at radius 2 is 1.54 bits per heavy atom. The van der Waals surface area contributed by atoms with Crippen molar-refractivity contribution in [3.8, 4) is 0 Å². The van der Waals surface area contributed by atoms with E-state index in [1.807, 2.05) is 25.9 Å². The highest BCUT2D eigenvalue weighted by molar-refractivity contribution is 5.88. The first-order valence-corrected chi connectivity index (χ1v) is 18.7. The molecule has 1 unspecified atom stereocenters. The summed E-state index contributed by atoms with van der Waals surface area (Å²) in [5.41, 5.74) is -4.68. The van der Waals surface area contributed by atoms with Crippen LogP contribution in [0.3, 0.4) is 0 Å². The number of cyclic esters (lactones) is 1. The van der Waals surface area contributed by atoms with Crippen LogP contribution in [-0.2, 0) is 33.2 Å². The molecule has 3 heterocycles. The van der Waals surface area contributed by atoms with Crippen molar-refractivity contribution in [2.24, 2.45) is 28.8 Å². The van der Waals surface area contributed by atoms with Crippen molar-refractivity contribution < 1.29 is 64.0 Å². The van der Waals surface area contributed by atoms with E-state index in [1.54, 1.807) is 55.4 Å². The van der Waals surface area contributed by atoms with Crippen LogP contribution in [0.15, 0.2) is 5.16 Å². The van der Waals surface area contributed by atoms with Crippen LogP contribution < -0.4 is 0 Å². The molecule has 0 aromatic rings. The Kier molecular flexibility index (Phi) is 15.1. The molecule has 15 nitrogen and oxygen atoms in total. The van der Waals surface area contributed by atoms with Crippen LogP contribution >= 0.6 is 0 Å². The lowest BCUT2D eigenvalue weighted by Crippen LogP contribution is -2.61. The number of esters is 1. The van der Waals surface area contributed by atoms with Gasteiger partial charge in [0, 0.05) is 37.3 Å². The summed E-state index contributed by atoms with van der Waals surface area (Å²) in [6.45, 7) is 16.6. The summed E-state index contributed by atoms with van der Waals surface area (Å²) in [6, 6.07) is -0.322. The molecule has 3 aliphatic heterocycles. The lowest BCUT2D eigenvalue weighted by atomic mass is 9.73. The van der Waals surface area contributed by atoms with Gasteiger partial charge in [-0.15, -0.1) is 0 Å². The van der Waals surface area contributed by atoms with Gasteiger partial charge >= 0.3 is 5.97 Å². The summed E-state index contributed by atoms with van der Waals surface area (Å²) >= 11 is 0. The summed E-state index contributed by atoms with van der Waals surface area (Å²) in [7, 11) is 5.19. The van der Waals surface area contributed by atoms with Crippen LogP contribution in [0.1, 0.15) is 94.9 Å². The SMILES string of the molecule is CCC1OC(=O)[C@H](C)[C@@H](O[C@H]2C[C@@](C)(OC)[C@@H](O)[C@H](C)O2)[C@H](C)[C@@H](O[C@@H]2O[C@H](C)C[C@H](N(C)C)[C@H]2O)[C@](C)(O)C[C@@H](C)/C(=N/O)[C@H](C)[C@@H](O)[C@]1(C)O. The standard InChI is InChI=1S/C37H68N2O13/c1-14-25-37(10,45)30(41)20(4)27(38-46)18(2)16-35(8,44)32(52-34-28(40)24(39(11)12)15-19(3)48-34)21(5)29(22(6)33(43)50-25)51-26-17-36(9,47-13)31(42)23(7)49-26/h18-26,28-32,34,40-42,44-46H,14-17H2,1-13H3/b38-27-/t18-,19-,20+,21+,22-,23+,24+,25?,26+,28-,29+,30-,31+,32-,34+,35-,36-,37-/m1/s1. The van der Waals surface area contributed by atoms with Gasteiger partial charge < -0.3 is 64.1 Å². The predicted octanol–water partition coefficient (Wildman–Crippen LogP) is 2.05. The fourth-order valence-electron chi connectivity index (χ4n) is 8.61. The quantitative estimate of drug-likeness (QED) is 0.125. The second-order valence-electron chi connectivity index (χ2n) is 16.6. The van der Waals surface area contributed by atoms with Crippen LogP contribution in [0.2, 0.25) is 0 Å². The molecule has 3 saturated heterocycles. The van der Waals surface area contributed by atoms with Crippen molar-refractivity contribution in [1.82, 2.24) is 4.90 Å². The van der Waals surface area contributed by atoms with Crippen molar-refractivity contribution in [3.63, 3.8) is 0 Å². The molecule has 18 atom stereocenters. The first kappa shape index (κ1) is 44.9. The van der Waals surface area contributed by atoms with Gasteiger partial charge in [-0.3, -0.25) is 4.79 Å². The Hall–Kier alpha value is -1.50. The van der Waals surface area contributed by atoms with Crippen molar-refractivity contribution in [3.05, 3.63) is 0 Å². The molecular formula is C37H68N2O13. The van der Waals surface area contributed by atoms with Gasteiger partial charge in [0.05, 0.1) is 53.4 Å². The zero-order valence-electron chi connectivity index (χ0n) is 33.4. The van der Waals surface area contributed by atoms with Gasteiger partial charge in [-0.1, -0.05) is 32.9 Å². The summed E-state index contributed by atoms with van der Waals surface area (Å²) in [5.74, 6) is -4.24. The average Bonchev–Trinajstić information content (AvgIpc) is 3.06. The lowest BCUT2D eigenvalue weighted by Gasteiger charge is -2.49. The van der Waals surface area contributed by atoms with Crippen molar-refractivity contribution >= 4 is 11.7 Å². The van der Waals surface area contributed by atoms with Crippen molar-refractivity contribution in [1.29, 1.82) is 0 Å². The molecule has 15 heteroatoms. The molecule has 3 rings (SSSR count). The minimum absolute atomic E-state index is 0.0657. The molecule has 0 aliphatic carbocycles. The molecule has 3 fully saturated rings. The van der Waals surface area contributed by atoms with Gasteiger partial charge in [-0.2, -0.15) is 0 Å². The van der Waals surface area contributed by atoms with E-state index < -0.39 is 102 Å². The number of likely N-dealkylation sites (N-methyl/N-ethyl adjacent to an activating group) is 1. The maximum absolute atomic E-state index is 14.1. The number of carbonyl (C=O) groups excluding carboxylic acids is 1. The second kappa shape index (κ2) is 17.5. The Morgan fingerprint density at radius 3 is 2.08 bits per heavy atom. The number of carbonyl (C=O) groups is 1. The maximum atomic E-state index is 14.1. The summed E-state index contributed by atoms with van der Waals surface area (Å²) in [5, 5.41) is 71.8. The topological polar surface area (TPSA) is 209 Å². The van der Waals surface area contributed by atoms with Gasteiger partial charge in [0.25, 0.3) is 0 Å². The minimum atomic E-state index is -1.97. The van der Waals surface area contributed by atoms with E-state index in [1.165, 1.54) is 14.0 Å². The zero-order chi connectivity index (χ0) is 39.7. The third-order valence-electron chi connectivity index (χ3n) is 12.0. The van der Waals surface area contributed by atoms with E-state index in [0.29, 0.717) is 6.42 Å². The van der Waals surface area contributed by atoms with Crippen molar-refractivity contribution in [2.45, 2.75) is 179 Å². The van der Waals surface area contributed by atoms with Crippen LogP contribution in [0.25, 0.3) is 0 Å². The lowest BCUT2D eigenvalue weighted by molar-refractivity contribution is -0.317. The number of aliphatic hydroxyl groups excluding tert-OH is 3. The molecule has 0 bridgehead atoms. The molecule has 0 spiro atoms. The molecule has 304 valence electrons. The number of rotatable bonds is 7. The van der Waals surface area contributed by atoms with Gasteiger partial charge in [0.1, 0.15) is 23.9 Å². The number of methoxy groups -OCH3 is 1. The average molecular weight is 749 g/mol. The molecular weight excluding hydrogens is 680 g/mol. The van der Waals surface area contributed by atoms with Crippen LogP contribution in [-0.4, -0.2) is 153 Å². The molecule has 0 amide bonds. The predicted molar refractivity (Wildman–Crippen MR) is 190 cm³/mol. The number of oxime groups is 1. The molecule has 0 aromatic carbocycles. The maximum Gasteiger partial charge on any atom is 0.311 e. The first-order chi connectivity index (χ1) is 24.0. The molecule has 3 aliphatic rings. The number of aliphatic hydroxyl groups is 5. The third kappa shape index (κ3) is 9.47. The van der Waals surface area contributed by atoms with Gasteiger partial charge in [0.15, 0.2) is 12.6 Å². The summed E-state index contributed by atoms with van der Waals surface area (Å²) in [6.07, 6.45) is -9.51. The van der Waals surface area contributed by atoms with E-state index in [0.717, 1.165) is 0 Å². The number of nitrogens with zero attached hydrogens (tertiary/aromatic N) is 2. The Balaban J connectivity index is 2.21.